The van der Waals surface area contributed by atoms with E-state index in [9.17, 15) is 0 Å². The Morgan fingerprint density at radius 2 is 2.07 bits per heavy atom. The minimum Gasteiger partial charge on any atom is -0.330 e. The maximum Gasteiger partial charge on any atom is 0.0235 e. The topological polar surface area (TPSA) is 32.5 Å². The molecule has 3 heteroatoms. The van der Waals surface area contributed by atoms with E-state index in [1.807, 2.05) is 0 Å². The number of nitrogens with two attached hydrogens (primary N) is 1. The minimum absolute atomic E-state index is 0.686. The van der Waals surface area contributed by atoms with Crippen LogP contribution in [-0.4, -0.2) is 55.1 Å². The van der Waals surface area contributed by atoms with Crippen molar-refractivity contribution in [2.45, 2.75) is 33.2 Å². The summed E-state index contributed by atoms with van der Waals surface area (Å²) >= 11 is 0. The van der Waals surface area contributed by atoms with Crippen LogP contribution in [0, 0.1) is 5.92 Å². The Hall–Kier alpha value is -0.120. The van der Waals surface area contributed by atoms with E-state index in [1.165, 1.54) is 32.7 Å². The van der Waals surface area contributed by atoms with Crippen LogP contribution in [0.1, 0.15) is 27.2 Å². The fraction of sp³-hybridized carbons (Fsp3) is 1.00. The van der Waals surface area contributed by atoms with E-state index in [-0.39, 0.29) is 0 Å². The molecule has 1 aliphatic rings. The maximum absolute atomic E-state index is 5.69. The van der Waals surface area contributed by atoms with Crippen molar-refractivity contribution in [2.75, 3.05) is 39.3 Å². The van der Waals surface area contributed by atoms with E-state index in [1.54, 1.807) is 0 Å². The molecule has 0 aromatic carbocycles. The predicted octanol–water partition coefficient (Wildman–Crippen LogP) is 0.997. The van der Waals surface area contributed by atoms with Gasteiger partial charge in [-0.3, -0.25) is 4.90 Å². The van der Waals surface area contributed by atoms with Crippen molar-refractivity contribution >= 4 is 0 Å². The lowest BCUT2D eigenvalue weighted by Gasteiger charge is -2.42. The van der Waals surface area contributed by atoms with E-state index in [4.69, 9.17) is 5.73 Å². The molecule has 1 aliphatic heterocycles. The molecule has 2 N–H and O–H groups in total. The van der Waals surface area contributed by atoms with Crippen molar-refractivity contribution in [3.8, 4) is 0 Å². The van der Waals surface area contributed by atoms with Crippen LogP contribution in [0.25, 0.3) is 0 Å². The first-order valence-corrected chi connectivity index (χ1v) is 6.33. The van der Waals surface area contributed by atoms with Crippen LogP contribution in [0.5, 0.6) is 0 Å². The summed E-state index contributed by atoms with van der Waals surface area (Å²) in [6.45, 7) is 13.7. The Morgan fingerprint density at radius 3 is 2.60 bits per heavy atom. The SMILES string of the molecule is CCN1CCN(CC(C)C)C(CCN)C1. The van der Waals surface area contributed by atoms with Crippen LogP contribution in [0.3, 0.4) is 0 Å². The lowest BCUT2D eigenvalue weighted by atomic mass is 10.1. The summed E-state index contributed by atoms with van der Waals surface area (Å²) in [5.74, 6) is 0.762. The van der Waals surface area contributed by atoms with Crippen molar-refractivity contribution < 1.29 is 0 Å². The molecule has 1 heterocycles. The monoisotopic (exact) mass is 213 g/mol. The average Bonchev–Trinajstić information content (AvgIpc) is 2.20. The van der Waals surface area contributed by atoms with Gasteiger partial charge in [-0.25, -0.2) is 0 Å². The summed E-state index contributed by atoms with van der Waals surface area (Å²) in [7, 11) is 0. The zero-order valence-electron chi connectivity index (χ0n) is 10.6. The van der Waals surface area contributed by atoms with Crippen molar-refractivity contribution in [3.05, 3.63) is 0 Å². The number of nitrogens with zero attached hydrogens (tertiary/aromatic N) is 2. The quantitative estimate of drug-likeness (QED) is 0.739. The Bertz CT molecular complexity index is 170. The highest BCUT2D eigenvalue weighted by Crippen LogP contribution is 2.14. The molecule has 15 heavy (non-hydrogen) atoms. The molecule has 1 rings (SSSR count). The molecular weight excluding hydrogens is 186 g/mol. The van der Waals surface area contributed by atoms with E-state index >= 15 is 0 Å². The average molecular weight is 213 g/mol. The van der Waals surface area contributed by atoms with Crippen LogP contribution in [0.15, 0.2) is 0 Å². The van der Waals surface area contributed by atoms with Gasteiger partial charge in [-0.15, -0.1) is 0 Å². The van der Waals surface area contributed by atoms with Gasteiger partial charge >= 0.3 is 0 Å². The molecule has 0 bridgehead atoms. The lowest BCUT2D eigenvalue weighted by Crippen LogP contribution is -2.54. The molecule has 0 radical (unpaired) electrons. The van der Waals surface area contributed by atoms with Gasteiger partial charge in [0.05, 0.1) is 0 Å². The molecule has 3 nitrogen and oxygen atoms in total. The van der Waals surface area contributed by atoms with Gasteiger partial charge in [-0.1, -0.05) is 20.8 Å². The molecule has 90 valence electrons. The summed E-state index contributed by atoms with van der Waals surface area (Å²) in [6, 6.07) is 0.686. The van der Waals surface area contributed by atoms with Gasteiger partial charge in [-0.05, 0) is 25.4 Å². The normalized spacial score (nSPS) is 25.0. The highest BCUT2D eigenvalue weighted by Gasteiger charge is 2.25. The minimum atomic E-state index is 0.686. The smallest absolute Gasteiger partial charge is 0.0235 e. The number of likely N-dealkylation sites (N-methyl/N-ethyl adjacent to an activating group) is 1. The number of rotatable bonds is 5. The van der Waals surface area contributed by atoms with Gasteiger partial charge in [0.2, 0.25) is 0 Å². The molecule has 1 fully saturated rings. The molecule has 0 aliphatic carbocycles. The standard InChI is InChI=1S/C12H27N3/c1-4-14-7-8-15(9-11(2)3)12(10-14)5-6-13/h11-12H,4-10,13H2,1-3H3. The number of hydrogen-bond donors (Lipinski definition) is 1. The molecule has 1 saturated heterocycles. The summed E-state index contributed by atoms with van der Waals surface area (Å²) in [5.41, 5.74) is 5.69. The van der Waals surface area contributed by atoms with Crippen LogP contribution >= 0.6 is 0 Å². The van der Waals surface area contributed by atoms with Gasteiger partial charge < -0.3 is 10.6 Å². The summed E-state index contributed by atoms with van der Waals surface area (Å²) < 4.78 is 0. The molecule has 0 aromatic heterocycles. The van der Waals surface area contributed by atoms with Gasteiger partial charge in [0, 0.05) is 32.2 Å². The highest BCUT2D eigenvalue weighted by atomic mass is 15.3. The third-order valence-electron chi connectivity index (χ3n) is 3.24. The molecule has 0 amide bonds. The number of piperazine rings is 1. The second-order valence-electron chi connectivity index (χ2n) is 5.01. The van der Waals surface area contributed by atoms with E-state index in [2.05, 4.69) is 30.6 Å². The summed E-state index contributed by atoms with van der Waals surface area (Å²) in [5, 5.41) is 0. The van der Waals surface area contributed by atoms with Crippen molar-refractivity contribution in [3.63, 3.8) is 0 Å². The van der Waals surface area contributed by atoms with Crippen LogP contribution in [-0.2, 0) is 0 Å². The molecule has 1 unspecified atom stereocenters. The van der Waals surface area contributed by atoms with Crippen LogP contribution in [0.4, 0.5) is 0 Å². The summed E-state index contributed by atoms with van der Waals surface area (Å²) in [4.78, 5) is 5.17. The number of hydrogen-bond acceptors (Lipinski definition) is 3. The third kappa shape index (κ3) is 4.09. The second kappa shape index (κ2) is 6.46. The van der Waals surface area contributed by atoms with Crippen molar-refractivity contribution in [1.82, 2.24) is 9.80 Å². The largest absolute Gasteiger partial charge is 0.330 e. The first-order chi connectivity index (χ1) is 7.17. The predicted molar refractivity (Wildman–Crippen MR) is 66.0 cm³/mol. The van der Waals surface area contributed by atoms with Gasteiger partial charge in [0.1, 0.15) is 0 Å². The van der Waals surface area contributed by atoms with E-state index < -0.39 is 0 Å². The molecule has 0 aromatic rings. The second-order valence-corrected chi connectivity index (χ2v) is 5.01. The molecule has 0 spiro atoms. The Balaban J connectivity index is 2.46. The van der Waals surface area contributed by atoms with E-state index in [0.717, 1.165) is 18.9 Å². The highest BCUT2D eigenvalue weighted by molar-refractivity contribution is 4.82. The Labute approximate surface area is 94.6 Å². The van der Waals surface area contributed by atoms with Crippen molar-refractivity contribution in [1.29, 1.82) is 0 Å². The third-order valence-corrected chi connectivity index (χ3v) is 3.24. The lowest BCUT2D eigenvalue weighted by molar-refractivity contribution is 0.0651. The van der Waals surface area contributed by atoms with Gasteiger partial charge in [0.25, 0.3) is 0 Å². The van der Waals surface area contributed by atoms with Crippen molar-refractivity contribution in [2.24, 2.45) is 11.7 Å². The maximum atomic E-state index is 5.69. The van der Waals surface area contributed by atoms with Crippen LogP contribution in [0.2, 0.25) is 0 Å². The first-order valence-electron chi connectivity index (χ1n) is 6.33. The Morgan fingerprint density at radius 1 is 1.33 bits per heavy atom. The first kappa shape index (κ1) is 12.9. The fourth-order valence-electron chi connectivity index (χ4n) is 2.42. The van der Waals surface area contributed by atoms with Gasteiger partial charge in [-0.2, -0.15) is 0 Å². The van der Waals surface area contributed by atoms with E-state index in [0.29, 0.717) is 6.04 Å². The fourth-order valence-corrected chi connectivity index (χ4v) is 2.42. The summed E-state index contributed by atoms with van der Waals surface area (Å²) in [6.07, 6.45) is 1.14. The molecule has 0 saturated carbocycles. The zero-order chi connectivity index (χ0) is 11.3. The Kier molecular flexibility index (Phi) is 5.58. The zero-order valence-corrected chi connectivity index (χ0v) is 10.6. The molecular formula is C12H27N3. The van der Waals surface area contributed by atoms with Gasteiger partial charge in [0.15, 0.2) is 0 Å². The van der Waals surface area contributed by atoms with Crippen LogP contribution < -0.4 is 5.73 Å². The molecule has 1 atom stereocenters.